The van der Waals surface area contributed by atoms with Crippen molar-refractivity contribution >= 4 is 11.9 Å². The molecule has 0 aliphatic carbocycles. The molecule has 0 radical (unpaired) electrons. The van der Waals surface area contributed by atoms with Crippen molar-refractivity contribution in [3.63, 3.8) is 0 Å². The minimum Gasteiger partial charge on any atom is -0.473 e. The summed E-state index contributed by atoms with van der Waals surface area (Å²) in [5.74, 6) is -3.71. The molecule has 2 aliphatic rings. The van der Waals surface area contributed by atoms with E-state index in [1.54, 1.807) is 12.1 Å². The van der Waals surface area contributed by atoms with Crippen LogP contribution >= 0.6 is 0 Å². The second kappa shape index (κ2) is 10.2. The number of benzene rings is 1. The first-order valence-electron chi connectivity index (χ1n) is 9.13. The fourth-order valence-electron chi connectivity index (χ4n) is 3.59. The Morgan fingerprint density at radius 1 is 0.962 bits per heavy atom. The number of carboxylic acid groups (broad SMARTS) is 2. The molecule has 3 rings (SSSR count). The number of nitrogens with zero attached hydrogens (tertiary/aromatic N) is 2. The molecule has 0 aromatic heterocycles. The number of hydrogen-bond donors (Lipinski definition) is 2. The Balaban J connectivity index is 0.000000352. The molecular weight excluding hydrogens is 339 g/mol. The molecule has 144 valence electrons. The Hall–Kier alpha value is -1.99. The summed E-state index contributed by atoms with van der Waals surface area (Å²) in [5, 5.41) is 14.8. The first kappa shape index (κ1) is 20.3. The number of rotatable bonds is 3. The maximum Gasteiger partial charge on any atom is 0.414 e. The van der Waals surface area contributed by atoms with Crippen molar-refractivity contribution in [3.8, 4) is 0 Å². The summed E-state index contributed by atoms with van der Waals surface area (Å²) in [5.41, 5.74) is 0.837. The van der Waals surface area contributed by atoms with Crippen molar-refractivity contribution in [2.24, 2.45) is 0 Å². The quantitative estimate of drug-likeness (QED) is 0.800. The van der Waals surface area contributed by atoms with Crippen LogP contribution in [0.1, 0.15) is 37.7 Å². The summed E-state index contributed by atoms with van der Waals surface area (Å²) in [4.78, 5) is 23.3. The van der Waals surface area contributed by atoms with Gasteiger partial charge in [0.1, 0.15) is 5.82 Å². The largest absolute Gasteiger partial charge is 0.473 e. The number of carboxylic acids is 2. The molecule has 0 amide bonds. The highest BCUT2D eigenvalue weighted by molar-refractivity contribution is 6.27. The fraction of sp³-hybridized carbons (Fsp3) is 0.579. The van der Waals surface area contributed by atoms with Crippen molar-refractivity contribution < 1.29 is 24.2 Å². The smallest absolute Gasteiger partial charge is 0.414 e. The third-order valence-electron chi connectivity index (χ3n) is 5.00. The van der Waals surface area contributed by atoms with Gasteiger partial charge in [0.15, 0.2) is 0 Å². The highest BCUT2D eigenvalue weighted by Crippen LogP contribution is 2.22. The van der Waals surface area contributed by atoms with Crippen molar-refractivity contribution in [1.29, 1.82) is 0 Å². The van der Waals surface area contributed by atoms with Gasteiger partial charge < -0.3 is 15.1 Å². The molecule has 6 nitrogen and oxygen atoms in total. The predicted octanol–water partition coefficient (Wildman–Crippen LogP) is 2.43. The molecule has 2 aliphatic heterocycles. The lowest BCUT2D eigenvalue weighted by atomic mass is 9.99. The molecule has 0 spiro atoms. The molecule has 0 bridgehead atoms. The SMILES string of the molecule is Fc1ccccc1CN1CCC(N2CCCCC2)CC1.O=C(O)C(=O)O. The number of aliphatic carboxylic acids is 2. The van der Waals surface area contributed by atoms with E-state index in [2.05, 4.69) is 9.80 Å². The van der Waals surface area contributed by atoms with Crippen LogP contribution in [0.3, 0.4) is 0 Å². The van der Waals surface area contributed by atoms with Gasteiger partial charge in [-0.2, -0.15) is 0 Å². The van der Waals surface area contributed by atoms with E-state index in [4.69, 9.17) is 19.8 Å². The second-order valence-electron chi connectivity index (χ2n) is 6.81. The maximum absolute atomic E-state index is 13.7. The van der Waals surface area contributed by atoms with Crippen molar-refractivity contribution in [1.82, 2.24) is 9.80 Å². The first-order chi connectivity index (χ1) is 12.5. The van der Waals surface area contributed by atoms with E-state index in [0.29, 0.717) is 0 Å². The van der Waals surface area contributed by atoms with E-state index in [0.717, 1.165) is 31.2 Å². The normalized spacial score (nSPS) is 19.4. The van der Waals surface area contributed by atoms with Crippen LogP contribution in [0.4, 0.5) is 4.39 Å². The number of hydrogen-bond acceptors (Lipinski definition) is 4. The number of carbonyl (C=O) groups is 2. The Labute approximate surface area is 153 Å². The lowest BCUT2D eigenvalue weighted by Gasteiger charge is -2.40. The van der Waals surface area contributed by atoms with Crippen LogP contribution < -0.4 is 0 Å². The van der Waals surface area contributed by atoms with Gasteiger partial charge >= 0.3 is 11.9 Å². The van der Waals surface area contributed by atoms with Crippen LogP contribution in [-0.2, 0) is 16.1 Å². The van der Waals surface area contributed by atoms with Crippen LogP contribution in [0.15, 0.2) is 24.3 Å². The molecule has 1 aromatic carbocycles. The topological polar surface area (TPSA) is 81.1 Å². The summed E-state index contributed by atoms with van der Waals surface area (Å²) in [6.45, 7) is 5.56. The Bertz CT molecular complexity index is 585. The molecule has 2 saturated heterocycles. The summed E-state index contributed by atoms with van der Waals surface area (Å²) in [7, 11) is 0. The summed E-state index contributed by atoms with van der Waals surface area (Å²) in [6, 6.07) is 7.94. The molecule has 2 fully saturated rings. The molecule has 2 heterocycles. The highest BCUT2D eigenvalue weighted by atomic mass is 19.1. The summed E-state index contributed by atoms with van der Waals surface area (Å²) < 4.78 is 13.7. The zero-order valence-electron chi connectivity index (χ0n) is 14.9. The molecule has 0 saturated carbocycles. The Morgan fingerprint density at radius 3 is 2.08 bits per heavy atom. The van der Waals surface area contributed by atoms with Crippen LogP contribution in [0.25, 0.3) is 0 Å². The Kier molecular flexibility index (Phi) is 8.00. The van der Waals surface area contributed by atoms with E-state index < -0.39 is 11.9 Å². The third kappa shape index (κ3) is 6.38. The van der Waals surface area contributed by atoms with Crippen LogP contribution in [0.5, 0.6) is 0 Å². The lowest BCUT2D eigenvalue weighted by Crippen LogP contribution is -2.46. The van der Waals surface area contributed by atoms with Crippen LogP contribution in [-0.4, -0.2) is 64.2 Å². The minimum atomic E-state index is -1.82. The van der Waals surface area contributed by atoms with Gasteiger partial charge in [0.2, 0.25) is 0 Å². The maximum atomic E-state index is 13.7. The molecule has 1 aromatic rings. The Morgan fingerprint density at radius 2 is 1.54 bits per heavy atom. The molecule has 7 heteroatoms. The zero-order valence-corrected chi connectivity index (χ0v) is 14.9. The zero-order chi connectivity index (χ0) is 18.9. The van der Waals surface area contributed by atoms with Crippen molar-refractivity contribution in [2.45, 2.75) is 44.7 Å². The van der Waals surface area contributed by atoms with Gasteiger partial charge in [-0.1, -0.05) is 24.6 Å². The summed E-state index contributed by atoms with van der Waals surface area (Å²) in [6.07, 6.45) is 6.64. The molecule has 0 atom stereocenters. The van der Waals surface area contributed by atoms with E-state index in [1.807, 2.05) is 12.1 Å². The molecule has 0 unspecified atom stereocenters. The average molecular weight is 366 g/mol. The van der Waals surface area contributed by atoms with Gasteiger partial charge in [0.05, 0.1) is 0 Å². The van der Waals surface area contributed by atoms with Gasteiger partial charge in [-0.05, 0) is 57.9 Å². The van der Waals surface area contributed by atoms with Gasteiger partial charge in [-0.3, -0.25) is 4.90 Å². The molecular formula is C19H27FN2O4. The molecule has 2 N–H and O–H groups in total. The van der Waals surface area contributed by atoms with E-state index in [-0.39, 0.29) is 5.82 Å². The van der Waals surface area contributed by atoms with E-state index in [9.17, 15) is 4.39 Å². The third-order valence-corrected chi connectivity index (χ3v) is 5.00. The average Bonchev–Trinajstić information content (AvgIpc) is 2.65. The fourth-order valence-corrected chi connectivity index (χ4v) is 3.59. The van der Waals surface area contributed by atoms with E-state index >= 15 is 0 Å². The number of piperidine rings is 2. The van der Waals surface area contributed by atoms with Crippen LogP contribution in [0, 0.1) is 5.82 Å². The predicted molar refractivity (Wildman–Crippen MR) is 95.4 cm³/mol. The standard InChI is InChI=1S/C17H25FN2.C2H2O4/c18-17-7-3-2-6-15(17)14-19-12-8-16(9-13-19)20-10-4-1-5-11-20;3-1(4)2(5)6/h2-3,6-7,16H,1,4-5,8-14H2;(H,3,4)(H,5,6). The second-order valence-corrected chi connectivity index (χ2v) is 6.81. The first-order valence-corrected chi connectivity index (χ1v) is 9.13. The minimum absolute atomic E-state index is 0.0642. The van der Waals surface area contributed by atoms with Crippen molar-refractivity contribution in [3.05, 3.63) is 35.6 Å². The van der Waals surface area contributed by atoms with Gasteiger partial charge in [-0.15, -0.1) is 0 Å². The van der Waals surface area contributed by atoms with Gasteiger partial charge in [0.25, 0.3) is 0 Å². The number of halogens is 1. The summed E-state index contributed by atoms with van der Waals surface area (Å²) >= 11 is 0. The van der Waals surface area contributed by atoms with Gasteiger partial charge in [0, 0.05) is 18.2 Å². The number of likely N-dealkylation sites (tertiary alicyclic amines) is 2. The highest BCUT2D eigenvalue weighted by Gasteiger charge is 2.25. The lowest BCUT2D eigenvalue weighted by molar-refractivity contribution is -0.159. The molecule has 26 heavy (non-hydrogen) atoms. The van der Waals surface area contributed by atoms with Crippen LogP contribution in [0.2, 0.25) is 0 Å². The van der Waals surface area contributed by atoms with E-state index in [1.165, 1.54) is 45.2 Å². The monoisotopic (exact) mass is 366 g/mol. The van der Waals surface area contributed by atoms with Gasteiger partial charge in [-0.25, -0.2) is 14.0 Å². The van der Waals surface area contributed by atoms with Crippen molar-refractivity contribution in [2.75, 3.05) is 26.2 Å².